The fourth-order valence-corrected chi connectivity index (χ4v) is 8.50. The Bertz CT molecular complexity index is 1900. The van der Waals surface area contributed by atoms with Gasteiger partial charge in [-0.05, 0) is 55.3 Å². The van der Waals surface area contributed by atoms with Crippen molar-refractivity contribution in [1.82, 2.24) is 4.98 Å². The maximum atomic E-state index is 14.4. The first-order chi connectivity index (χ1) is 22.5. The SMILES string of the molecule is Cc1cc(O)c2c(c1)C(=O)c1c(c3c4c5c(nccc15)NCC(O)C1(C=CC5(CO)OC(CC4)(O3)C(O)C(O)C5O)CCCC1)C2=O. The Hall–Kier alpha value is -3.91. The van der Waals surface area contributed by atoms with Crippen LogP contribution >= 0.6 is 0 Å². The van der Waals surface area contributed by atoms with Gasteiger partial charge in [0.05, 0.1) is 23.8 Å². The van der Waals surface area contributed by atoms with Crippen LogP contribution in [0.25, 0.3) is 10.8 Å². The van der Waals surface area contributed by atoms with Gasteiger partial charge in [-0.25, -0.2) is 4.98 Å². The average molecular weight is 645 g/mol. The molecule has 1 saturated carbocycles. The first kappa shape index (κ1) is 30.4. The third-order valence-corrected chi connectivity index (χ3v) is 11.0. The molecule has 6 aliphatic rings. The number of nitrogens with one attached hydrogen (secondary N) is 1. The minimum Gasteiger partial charge on any atom is -0.507 e. The second-order valence-corrected chi connectivity index (χ2v) is 13.7. The molecule has 2 fully saturated rings. The summed E-state index contributed by atoms with van der Waals surface area (Å²) in [5.41, 5.74) is -1.95. The molecule has 7 N–H and O–H groups in total. The predicted molar refractivity (Wildman–Crippen MR) is 167 cm³/mol. The number of pyridine rings is 1. The van der Waals surface area contributed by atoms with Crippen molar-refractivity contribution in [2.24, 2.45) is 5.41 Å². The van der Waals surface area contributed by atoms with Gasteiger partial charge >= 0.3 is 0 Å². The molecule has 12 heteroatoms. The topological polar surface area (TPSA) is 199 Å². The highest BCUT2D eigenvalue weighted by molar-refractivity contribution is 6.34. The molecule has 1 aromatic heterocycles. The van der Waals surface area contributed by atoms with Crippen LogP contribution in [0.1, 0.15) is 75.1 Å². The molecule has 2 aliphatic carbocycles. The van der Waals surface area contributed by atoms with Gasteiger partial charge in [0.15, 0.2) is 5.78 Å². The fraction of sp³-hybridized carbons (Fsp3) is 0.457. The van der Waals surface area contributed by atoms with Gasteiger partial charge < -0.3 is 45.4 Å². The number of rotatable bonds is 1. The number of fused-ring (bicyclic) bond motifs is 6. The van der Waals surface area contributed by atoms with Gasteiger partial charge in [0.1, 0.15) is 41.2 Å². The highest BCUT2D eigenvalue weighted by Gasteiger charge is 2.62. The molecule has 2 spiro atoms. The van der Waals surface area contributed by atoms with Crippen molar-refractivity contribution in [3.8, 4) is 11.5 Å². The van der Waals surface area contributed by atoms with Crippen LogP contribution in [-0.4, -0.2) is 96.1 Å². The number of aliphatic hydroxyl groups is 5. The van der Waals surface area contributed by atoms with E-state index in [0.29, 0.717) is 40.6 Å². The largest absolute Gasteiger partial charge is 0.507 e. The average Bonchev–Trinajstić information content (AvgIpc) is 3.55. The van der Waals surface area contributed by atoms with Crippen LogP contribution in [-0.2, 0) is 11.2 Å². The van der Waals surface area contributed by atoms with Crippen LogP contribution in [0.15, 0.2) is 36.5 Å². The van der Waals surface area contributed by atoms with Gasteiger partial charge in [-0.15, -0.1) is 0 Å². The number of hydrogen-bond donors (Lipinski definition) is 7. The number of phenols is 1. The van der Waals surface area contributed by atoms with Crippen LogP contribution in [0.5, 0.6) is 11.5 Å². The zero-order valence-corrected chi connectivity index (χ0v) is 25.7. The van der Waals surface area contributed by atoms with Gasteiger partial charge in [0.25, 0.3) is 0 Å². The van der Waals surface area contributed by atoms with Gasteiger partial charge in [-0.1, -0.05) is 25.0 Å². The van der Waals surface area contributed by atoms with Gasteiger partial charge in [0.2, 0.25) is 11.6 Å². The second kappa shape index (κ2) is 10.3. The number of carbonyl (C=O) groups excluding carboxylic acids is 2. The third kappa shape index (κ3) is 4.06. The van der Waals surface area contributed by atoms with Crippen molar-refractivity contribution in [1.29, 1.82) is 0 Å². The number of aromatic hydroxyl groups is 1. The van der Waals surface area contributed by atoms with Crippen molar-refractivity contribution in [3.05, 3.63) is 69.9 Å². The highest BCUT2D eigenvalue weighted by Crippen LogP contribution is 2.53. The minimum atomic E-state index is -2.08. The molecule has 47 heavy (non-hydrogen) atoms. The van der Waals surface area contributed by atoms with E-state index in [9.17, 15) is 40.2 Å². The number of ketones is 2. The lowest BCUT2D eigenvalue weighted by molar-refractivity contribution is -0.364. The molecule has 2 aromatic carbocycles. The number of benzene rings is 2. The van der Waals surface area contributed by atoms with Gasteiger partial charge in [0, 0.05) is 46.7 Å². The Morgan fingerprint density at radius 1 is 0.979 bits per heavy atom. The number of aliphatic hydroxyl groups excluding tert-OH is 5. The molecule has 5 heterocycles. The minimum absolute atomic E-state index is 0.0165. The summed E-state index contributed by atoms with van der Waals surface area (Å²) in [6.45, 7) is 0.957. The highest BCUT2D eigenvalue weighted by atomic mass is 16.7. The zero-order valence-electron chi connectivity index (χ0n) is 25.7. The van der Waals surface area contributed by atoms with Crippen molar-refractivity contribution in [2.75, 3.05) is 18.5 Å². The smallest absolute Gasteiger partial charge is 0.240 e. The predicted octanol–water partition coefficient (Wildman–Crippen LogP) is 1.79. The number of ether oxygens (including phenoxy) is 2. The van der Waals surface area contributed by atoms with Crippen molar-refractivity contribution in [3.63, 3.8) is 0 Å². The summed E-state index contributed by atoms with van der Waals surface area (Å²) in [4.78, 5) is 33.3. The normalized spacial score (nSPS) is 32.2. The summed E-state index contributed by atoms with van der Waals surface area (Å²) in [6.07, 6.45) is 1.22. The van der Waals surface area contributed by atoms with Crippen LogP contribution < -0.4 is 10.1 Å². The lowest BCUT2D eigenvalue weighted by atomic mass is 9.74. The van der Waals surface area contributed by atoms with E-state index in [4.69, 9.17) is 9.47 Å². The van der Waals surface area contributed by atoms with Crippen molar-refractivity contribution < 1.29 is 49.7 Å². The van der Waals surface area contributed by atoms with Crippen molar-refractivity contribution >= 4 is 28.2 Å². The molecule has 1 saturated heterocycles. The second-order valence-electron chi connectivity index (χ2n) is 13.7. The van der Waals surface area contributed by atoms with Crippen LogP contribution in [0.4, 0.5) is 5.82 Å². The molecule has 246 valence electrons. The van der Waals surface area contributed by atoms with E-state index in [-0.39, 0.29) is 53.1 Å². The number of phenolic OH excluding ortho intramolecular Hbond substituents is 1. The molecule has 0 amide bonds. The van der Waals surface area contributed by atoms with E-state index in [1.54, 1.807) is 25.1 Å². The Morgan fingerprint density at radius 2 is 1.74 bits per heavy atom. The summed E-state index contributed by atoms with van der Waals surface area (Å²) in [7, 11) is 0. The number of nitrogens with zero attached hydrogens (tertiary/aromatic N) is 1. The number of anilines is 1. The van der Waals surface area contributed by atoms with E-state index in [1.807, 2.05) is 0 Å². The molecule has 6 unspecified atom stereocenters. The Kier molecular flexibility index (Phi) is 6.66. The monoisotopic (exact) mass is 644 g/mol. The van der Waals surface area contributed by atoms with E-state index in [0.717, 1.165) is 12.8 Å². The first-order valence-corrected chi connectivity index (χ1v) is 16.0. The van der Waals surface area contributed by atoms with Crippen LogP contribution in [0.3, 0.4) is 0 Å². The summed E-state index contributed by atoms with van der Waals surface area (Å²) >= 11 is 0. The molecular weight excluding hydrogens is 608 g/mol. The summed E-state index contributed by atoms with van der Waals surface area (Å²) < 4.78 is 13.0. The molecule has 12 nitrogen and oxygen atoms in total. The molecule has 9 rings (SSSR count). The molecule has 5 bridgehead atoms. The first-order valence-electron chi connectivity index (χ1n) is 16.0. The molecule has 4 aliphatic heterocycles. The van der Waals surface area contributed by atoms with Crippen molar-refractivity contribution in [2.45, 2.75) is 81.3 Å². The van der Waals surface area contributed by atoms with E-state index < -0.39 is 59.4 Å². The Balaban J connectivity index is 1.44. The Labute approximate surface area is 269 Å². The van der Waals surface area contributed by atoms with E-state index in [2.05, 4.69) is 10.3 Å². The molecular formula is C35H36N2O10. The quantitative estimate of drug-likeness (QED) is 0.149. The number of hydrogen-bond acceptors (Lipinski definition) is 12. The maximum absolute atomic E-state index is 14.4. The fourth-order valence-electron chi connectivity index (χ4n) is 8.50. The maximum Gasteiger partial charge on any atom is 0.240 e. The number of carbonyl (C=O) groups is 2. The van der Waals surface area contributed by atoms with E-state index in [1.165, 1.54) is 18.3 Å². The molecule has 3 aromatic rings. The van der Waals surface area contributed by atoms with Gasteiger partial charge in [-0.2, -0.15) is 0 Å². The summed E-state index contributed by atoms with van der Waals surface area (Å²) in [6, 6.07) is 4.58. The Morgan fingerprint density at radius 3 is 2.49 bits per heavy atom. The van der Waals surface area contributed by atoms with Crippen LogP contribution in [0, 0.1) is 12.3 Å². The summed E-state index contributed by atoms with van der Waals surface area (Å²) in [5.74, 6) is -3.39. The number of aryl methyl sites for hydroxylation is 2. The third-order valence-electron chi connectivity index (χ3n) is 11.0. The van der Waals surface area contributed by atoms with Crippen LogP contribution in [0.2, 0.25) is 0 Å². The van der Waals surface area contributed by atoms with Gasteiger partial charge in [-0.3, -0.25) is 9.59 Å². The number of aromatic nitrogens is 1. The standard InChI is InChI=1S/C35H36N2O10/c1-16-12-19-23(20(39)13-16)27(42)25-24(26(19)41)17-5-11-36-32-22(17)18-4-8-35(46-29(18)25)31(45)28(43)30(44)34(15-38,47-35)10-9-33(6-2-3-7-33)21(40)14-37-32/h5,9-13,21,28,30-31,38-40,43-45H,2-4,6-8,14-15H2,1H3,(H,36,37). The molecule has 0 radical (unpaired) electrons. The summed E-state index contributed by atoms with van der Waals surface area (Å²) in [5, 5.41) is 71.6. The van der Waals surface area contributed by atoms with E-state index >= 15 is 0 Å². The lowest BCUT2D eigenvalue weighted by Crippen LogP contribution is -2.72. The molecule has 6 atom stereocenters. The lowest BCUT2D eigenvalue weighted by Gasteiger charge is -2.54. The zero-order chi connectivity index (χ0) is 33.0.